The van der Waals surface area contributed by atoms with Gasteiger partial charge < -0.3 is 70.6 Å². The molecule has 2 saturated heterocycles. The molecule has 0 aromatic heterocycles. The third-order valence-corrected chi connectivity index (χ3v) is 11.0. The van der Waals surface area contributed by atoms with Crippen LogP contribution in [0.3, 0.4) is 0 Å². The Morgan fingerprint density at radius 2 is 1.17 bits per heavy atom. The van der Waals surface area contributed by atoms with Crippen molar-refractivity contribution in [2.45, 2.75) is 132 Å². The first-order chi connectivity index (χ1) is 30.4. The molecule has 2 aliphatic heterocycles. The second-order valence-electron chi connectivity index (χ2n) is 16.0. The number of aliphatic imine (C=N–C) groups is 1. The van der Waals surface area contributed by atoms with Crippen molar-refractivity contribution in [3.8, 4) is 0 Å². The standard InChI is InChI=1S/C41H65N13O10/c42-19-5-4-12-28(51-37(60)30-13-7-21-53(30)38(61)25(43)11-6-20-48-41(46)47)39(62)54-22-8-14-31(54)36(59)50-27(16-18-33(45)56)34(57)49-26(15-17-32(44)55)35(58)52-29(40(63)64)23-24-9-2-1-3-10-24/h1-3,9-10,25-31H,4-8,11-23,42-43H2,(H2,44,55)(H2,45,56)(H,49,57)(H,50,59)(H,51,60)(H,52,58)(H,63,64)(H4,46,47,48)/t25-,26+,27+,28+,29-,30+,31+/m0/s1. The van der Waals surface area contributed by atoms with E-state index in [0.29, 0.717) is 50.6 Å². The number of carboxylic acid groups (broad SMARTS) is 1. The number of carbonyl (C=O) groups excluding carboxylic acids is 8. The Balaban J connectivity index is 1.77. The van der Waals surface area contributed by atoms with Crippen molar-refractivity contribution in [3.05, 3.63) is 35.9 Å². The number of hydrogen-bond acceptors (Lipinski definition) is 12. The van der Waals surface area contributed by atoms with Gasteiger partial charge in [-0.05, 0) is 82.7 Å². The van der Waals surface area contributed by atoms with E-state index in [1.165, 1.54) is 9.80 Å². The number of nitrogens with two attached hydrogens (primary N) is 6. The molecule has 0 spiro atoms. The number of nitrogens with one attached hydrogen (secondary N) is 4. The summed E-state index contributed by atoms with van der Waals surface area (Å²) in [5.41, 5.74) is 34.0. The second-order valence-corrected chi connectivity index (χ2v) is 16.0. The van der Waals surface area contributed by atoms with E-state index >= 15 is 0 Å². The molecule has 0 unspecified atom stereocenters. The van der Waals surface area contributed by atoms with Crippen molar-refractivity contribution < 1.29 is 48.3 Å². The van der Waals surface area contributed by atoms with Crippen molar-refractivity contribution in [3.63, 3.8) is 0 Å². The molecule has 2 fully saturated rings. The fourth-order valence-corrected chi connectivity index (χ4v) is 7.65. The van der Waals surface area contributed by atoms with E-state index in [9.17, 15) is 48.3 Å². The van der Waals surface area contributed by atoms with Gasteiger partial charge in [0.25, 0.3) is 0 Å². The summed E-state index contributed by atoms with van der Waals surface area (Å²) in [6.45, 7) is 1.02. The summed E-state index contributed by atoms with van der Waals surface area (Å²) >= 11 is 0. The van der Waals surface area contributed by atoms with Crippen LogP contribution in [-0.2, 0) is 49.6 Å². The highest BCUT2D eigenvalue weighted by molar-refractivity contribution is 5.97. The van der Waals surface area contributed by atoms with Gasteiger partial charge in [0.1, 0.15) is 36.3 Å². The summed E-state index contributed by atoms with van der Waals surface area (Å²) in [4.78, 5) is 125. The van der Waals surface area contributed by atoms with Crippen LogP contribution >= 0.6 is 0 Å². The second kappa shape index (κ2) is 26.3. The summed E-state index contributed by atoms with van der Waals surface area (Å²) in [6.07, 6.45) is 1.81. The number of nitrogens with zero attached hydrogens (tertiary/aromatic N) is 3. The fourth-order valence-electron chi connectivity index (χ4n) is 7.65. The van der Waals surface area contributed by atoms with Crippen molar-refractivity contribution >= 4 is 59.2 Å². The maximum Gasteiger partial charge on any atom is 0.326 e. The molecular formula is C41H65N13O10. The van der Waals surface area contributed by atoms with Crippen LogP contribution in [-0.4, -0.2) is 143 Å². The van der Waals surface area contributed by atoms with Gasteiger partial charge in [-0.3, -0.25) is 43.3 Å². The lowest BCUT2D eigenvalue weighted by molar-refractivity contribution is -0.144. The van der Waals surface area contributed by atoms with Crippen LogP contribution in [0.5, 0.6) is 0 Å². The summed E-state index contributed by atoms with van der Waals surface area (Å²) in [6, 6.07) is 0.0622. The zero-order valence-corrected chi connectivity index (χ0v) is 36.1. The largest absolute Gasteiger partial charge is 0.480 e. The number of carboxylic acids is 1. The van der Waals surface area contributed by atoms with Crippen molar-refractivity contribution in [1.29, 1.82) is 0 Å². The number of rotatable bonds is 27. The molecule has 2 aliphatic rings. The Labute approximate surface area is 371 Å². The molecule has 0 radical (unpaired) electrons. The monoisotopic (exact) mass is 899 g/mol. The Bertz CT molecular complexity index is 1830. The minimum atomic E-state index is -1.49. The molecule has 1 aromatic carbocycles. The van der Waals surface area contributed by atoms with Crippen LogP contribution in [0.25, 0.3) is 0 Å². The fraction of sp³-hybridized carbons (Fsp3) is 0.610. The maximum absolute atomic E-state index is 14.3. The van der Waals surface area contributed by atoms with Crippen LogP contribution in [0.15, 0.2) is 35.3 Å². The van der Waals surface area contributed by atoms with Gasteiger partial charge in [-0.2, -0.15) is 0 Å². The lowest BCUT2D eigenvalue weighted by Gasteiger charge is -2.32. The molecule has 23 heteroatoms. The Morgan fingerprint density at radius 3 is 1.69 bits per heavy atom. The number of amides is 8. The average molecular weight is 900 g/mol. The first kappa shape index (κ1) is 52.0. The van der Waals surface area contributed by atoms with Crippen LogP contribution in [0.4, 0.5) is 0 Å². The molecule has 3 rings (SSSR count). The van der Waals surface area contributed by atoms with E-state index in [4.69, 9.17) is 34.4 Å². The molecule has 64 heavy (non-hydrogen) atoms. The average Bonchev–Trinajstić information content (AvgIpc) is 3.95. The van der Waals surface area contributed by atoms with E-state index in [-0.39, 0.29) is 77.0 Å². The molecule has 354 valence electrons. The minimum Gasteiger partial charge on any atom is -0.480 e. The summed E-state index contributed by atoms with van der Waals surface area (Å²) < 4.78 is 0. The zero-order chi connectivity index (χ0) is 47.3. The minimum absolute atomic E-state index is 0.0828. The first-order valence-electron chi connectivity index (χ1n) is 21.6. The highest BCUT2D eigenvalue weighted by Crippen LogP contribution is 2.23. The van der Waals surface area contributed by atoms with Gasteiger partial charge >= 0.3 is 5.97 Å². The van der Waals surface area contributed by atoms with E-state index in [1.54, 1.807) is 30.3 Å². The van der Waals surface area contributed by atoms with Crippen LogP contribution in [0.2, 0.25) is 0 Å². The number of primary amides is 2. The summed E-state index contributed by atoms with van der Waals surface area (Å²) in [7, 11) is 0. The molecule has 1 aromatic rings. The summed E-state index contributed by atoms with van der Waals surface area (Å²) in [5.74, 6) is -7.27. The van der Waals surface area contributed by atoms with Crippen LogP contribution < -0.4 is 55.7 Å². The van der Waals surface area contributed by atoms with E-state index in [2.05, 4.69) is 26.3 Å². The third-order valence-electron chi connectivity index (χ3n) is 11.0. The number of benzene rings is 1. The zero-order valence-electron chi connectivity index (χ0n) is 36.1. The number of likely N-dealkylation sites (tertiary alicyclic amines) is 2. The first-order valence-corrected chi connectivity index (χ1v) is 21.6. The molecule has 0 bridgehead atoms. The lowest BCUT2D eigenvalue weighted by atomic mass is 10.0. The smallest absolute Gasteiger partial charge is 0.326 e. The van der Waals surface area contributed by atoms with Crippen LogP contribution in [0, 0.1) is 0 Å². The number of unbranched alkanes of at least 4 members (excludes halogenated alkanes) is 1. The van der Waals surface area contributed by atoms with Gasteiger partial charge in [0.2, 0.25) is 47.3 Å². The predicted octanol–water partition coefficient (Wildman–Crippen LogP) is -3.72. The Kier molecular flexibility index (Phi) is 21.4. The molecule has 7 atom stereocenters. The quantitative estimate of drug-likeness (QED) is 0.0230. The molecule has 0 saturated carbocycles. The number of aliphatic carboxylic acids is 1. The normalized spacial score (nSPS) is 18.1. The molecule has 8 amide bonds. The van der Waals surface area contributed by atoms with Gasteiger partial charge in [-0.15, -0.1) is 0 Å². The number of guanidine groups is 1. The topological polar surface area (TPSA) is 397 Å². The molecular weight excluding hydrogens is 835 g/mol. The van der Waals surface area contributed by atoms with Crippen molar-refractivity contribution in [2.24, 2.45) is 39.4 Å². The van der Waals surface area contributed by atoms with E-state index in [0.717, 1.165) is 0 Å². The Hall–Kier alpha value is -6.36. The summed E-state index contributed by atoms with van der Waals surface area (Å²) in [5, 5.41) is 20.1. The Morgan fingerprint density at radius 1 is 0.656 bits per heavy atom. The van der Waals surface area contributed by atoms with E-state index in [1.807, 2.05) is 0 Å². The maximum atomic E-state index is 14.3. The van der Waals surface area contributed by atoms with Gasteiger partial charge in [0.15, 0.2) is 5.96 Å². The molecule has 17 N–H and O–H groups in total. The molecule has 0 aliphatic carbocycles. The lowest BCUT2D eigenvalue weighted by Crippen LogP contribution is -2.59. The predicted molar refractivity (Wildman–Crippen MR) is 233 cm³/mol. The highest BCUT2D eigenvalue weighted by atomic mass is 16.4. The number of carbonyl (C=O) groups is 9. The van der Waals surface area contributed by atoms with Crippen molar-refractivity contribution in [1.82, 2.24) is 31.1 Å². The van der Waals surface area contributed by atoms with Crippen molar-refractivity contribution in [2.75, 3.05) is 26.2 Å². The highest BCUT2D eigenvalue weighted by Gasteiger charge is 2.42. The molecule has 23 nitrogen and oxygen atoms in total. The SMILES string of the molecule is NCCCC[C@@H](NC(=O)[C@H]1CCCN1C(=O)[C@@H](N)CCCN=C(N)N)C(=O)N1CCC[C@@H]1C(=O)N[C@H](CCC(N)=O)C(=O)N[C@H](CCC(N)=O)C(=O)N[C@@H](Cc1ccccc1)C(=O)O. The van der Waals surface area contributed by atoms with Crippen LogP contribution in [0.1, 0.15) is 89.0 Å². The number of hydrogen-bond donors (Lipinski definition) is 11. The van der Waals surface area contributed by atoms with Gasteiger partial charge in [-0.1, -0.05) is 30.3 Å². The van der Waals surface area contributed by atoms with Gasteiger partial charge in [-0.25, -0.2) is 4.79 Å². The third kappa shape index (κ3) is 16.7. The van der Waals surface area contributed by atoms with E-state index < -0.39 is 95.5 Å². The molecule has 2 heterocycles. The van der Waals surface area contributed by atoms with Gasteiger partial charge in [0.05, 0.1) is 6.04 Å². The van der Waals surface area contributed by atoms with Gasteiger partial charge in [0, 0.05) is 38.9 Å².